The van der Waals surface area contributed by atoms with Gasteiger partial charge in [0.2, 0.25) is 0 Å². The number of phenols is 1. The quantitative estimate of drug-likeness (QED) is 0.738. The standard InChI is InChI=1S/C12H9NO/c13-7-6-9-2-1-3-10-8-11(14)4-5-12(9)10/h1-5,8,14H,6H2. The van der Waals surface area contributed by atoms with E-state index in [-0.39, 0.29) is 5.75 Å². The molecule has 0 amide bonds. The molecule has 0 aliphatic heterocycles. The molecule has 0 spiro atoms. The first-order valence-corrected chi connectivity index (χ1v) is 4.39. The van der Waals surface area contributed by atoms with Crippen LogP contribution in [0.4, 0.5) is 0 Å². The fourth-order valence-electron chi connectivity index (χ4n) is 1.58. The average Bonchev–Trinajstić information content (AvgIpc) is 2.18. The molecular formula is C12H9NO. The highest BCUT2D eigenvalue weighted by Gasteiger charge is 2.00. The number of rotatable bonds is 1. The minimum absolute atomic E-state index is 0.256. The first-order valence-electron chi connectivity index (χ1n) is 4.39. The summed E-state index contributed by atoms with van der Waals surface area (Å²) in [4.78, 5) is 0. The minimum Gasteiger partial charge on any atom is -0.508 e. The van der Waals surface area contributed by atoms with Crippen LogP contribution >= 0.6 is 0 Å². The van der Waals surface area contributed by atoms with Gasteiger partial charge in [0.25, 0.3) is 0 Å². The predicted octanol–water partition coefficient (Wildman–Crippen LogP) is 2.61. The topological polar surface area (TPSA) is 44.0 Å². The Kier molecular flexibility index (Phi) is 2.08. The Morgan fingerprint density at radius 3 is 2.86 bits per heavy atom. The summed E-state index contributed by atoms with van der Waals surface area (Å²) >= 11 is 0. The second-order valence-electron chi connectivity index (χ2n) is 3.16. The lowest BCUT2D eigenvalue weighted by molar-refractivity contribution is 0.476. The van der Waals surface area contributed by atoms with E-state index in [0.29, 0.717) is 6.42 Å². The molecule has 68 valence electrons. The Hall–Kier alpha value is -2.01. The molecule has 1 N–H and O–H groups in total. The van der Waals surface area contributed by atoms with Gasteiger partial charge < -0.3 is 5.11 Å². The number of hydrogen-bond acceptors (Lipinski definition) is 2. The van der Waals surface area contributed by atoms with Crippen molar-refractivity contribution in [3.8, 4) is 11.8 Å². The molecule has 0 bridgehead atoms. The summed E-state index contributed by atoms with van der Waals surface area (Å²) in [5.41, 5.74) is 1.00. The maximum Gasteiger partial charge on any atom is 0.116 e. The van der Waals surface area contributed by atoms with E-state index in [2.05, 4.69) is 6.07 Å². The van der Waals surface area contributed by atoms with Crippen molar-refractivity contribution in [2.24, 2.45) is 0 Å². The second-order valence-corrected chi connectivity index (χ2v) is 3.16. The average molecular weight is 183 g/mol. The molecule has 0 atom stereocenters. The van der Waals surface area contributed by atoms with Gasteiger partial charge in [0.05, 0.1) is 12.5 Å². The molecule has 2 aromatic rings. The molecule has 2 heteroatoms. The van der Waals surface area contributed by atoms with Crippen molar-refractivity contribution < 1.29 is 5.11 Å². The number of phenolic OH excluding ortho intramolecular Hbond substituents is 1. The number of fused-ring (bicyclic) bond motifs is 1. The molecule has 0 fully saturated rings. The van der Waals surface area contributed by atoms with Crippen LogP contribution in [0.1, 0.15) is 5.56 Å². The number of nitrogens with zero attached hydrogens (tertiary/aromatic N) is 1. The van der Waals surface area contributed by atoms with Crippen LogP contribution < -0.4 is 0 Å². The molecule has 0 radical (unpaired) electrons. The van der Waals surface area contributed by atoms with Crippen molar-refractivity contribution in [2.75, 3.05) is 0 Å². The lowest BCUT2D eigenvalue weighted by atomic mass is 10.0. The zero-order valence-electron chi connectivity index (χ0n) is 7.57. The van der Waals surface area contributed by atoms with Gasteiger partial charge in [0.15, 0.2) is 0 Å². The van der Waals surface area contributed by atoms with E-state index in [1.807, 2.05) is 24.3 Å². The van der Waals surface area contributed by atoms with Gasteiger partial charge >= 0.3 is 0 Å². The van der Waals surface area contributed by atoms with E-state index in [1.54, 1.807) is 12.1 Å². The van der Waals surface area contributed by atoms with Crippen molar-refractivity contribution in [1.29, 1.82) is 5.26 Å². The lowest BCUT2D eigenvalue weighted by Gasteiger charge is -2.02. The Morgan fingerprint density at radius 1 is 1.21 bits per heavy atom. The number of hydrogen-bond donors (Lipinski definition) is 1. The van der Waals surface area contributed by atoms with Gasteiger partial charge in [0, 0.05) is 0 Å². The molecule has 0 saturated carbocycles. The van der Waals surface area contributed by atoms with E-state index in [4.69, 9.17) is 5.26 Å². The summed E-state index contributed by atoms with van der Waals surface area (Å²) in [6.07, 6.45) is 0.405. The van der Waals surface area contributed by atoms with Crippen LogP contribution in [0.25, 0.3) is 10.8 Å². The molecule has 0 saturated heterocycles. The van der Waals surface area contributed by atoms with Gasteiger partial charge in [-0.1, -0.05) is 24.3 Å². The fourth-order valence-corrected chi connectivity index (χ4v) is 1.58. The summed E-state index contributed by atoms with van der Waals surface area (Å²) in [7, 11) is 0. The first kappa shape index (κ1) is 8.58. The zero-order valence-corrected chi connectivity index (χ0v) is 7.57. The SMILES string of the molecule is N#CCc1cccc2cc(O)ccc12. The number of benzene rings is 2. The molecule has 14 heavy (non-hydrogen) atoms. The van der Waals surface area contributed by atoms with Crippen LogP contribution in [-0.2, 0) is 6.42 Å². The molecule has 0 aromatic heterocycles. The molecule has 0 unspecified atom stereocenters. The van der Waals surface area contributed by atoms with Gasteiger partial charge in [0.1, 0.15) is 5.75 Å². The van der Waals surface area contributed by atoms with Crippen LogP contribution in [0.2, 0.25) is 0 Å². The van der Waals surface area contributed by atoms with Gasteiger partial charge in [-0.3, -0.25) is 0 Å². The summed E-state index contributed by atoms with van der Waals surface area (Å²) in [5, 5.41) is 19.9. The first-order chi connectivity index (χ1) is 6.81. The highest BCUT2D eigenvalue weighted by Crippen LogP contribution is 2.23. The van der Waals surface area contributed by atoms with Crippen molar-refractivity contribution in [3.05, 3.63) is 42.0 Å². The van der Waals surface area contributed by atoms with Crippen LogP contribution in [0.3, 0.4) is 0 Å². The van der Waals surface area contributed by atoms with Gasteiger partial charge in [-0.05, 0) is 28.5 Å². The van der Waals surface area contributed by atoms with E-state index in [0.717, 1.165) is 16.3 Å². The molecular weight excluding hydrogens is 174 g/mol. The van der Waals surface area contributed by atoms with E-state index in [9.17, 15) is 5.11 Å². The van der Waals surface area contributed by atoms with Crippen LogP contribution in [0, 0.1) is 11.3 Å². The third-order valence-electron chi connectivity index (χ3n) is 2.22. The fraction of sp³-hybridized carbons (Fsp3) is 0.0833. The number of nitriles is 1. The second kappa shape index (κ2) is 3.39. The van der Waals surface area contributed by atoms with Gasteiger partial charge in [-0.25, -0.2) is 0 Å². The Morgan fingerprint density at radius 2 is 2.07 bits per heavy atom. The highest BCUT2D eigenvalue weighted by molar-refractivity contribution is 5.87. The third kappa shape index (κ3) is 1.40. The zero-order chi connectivity index (χ0) is 9.97. The van der Waals surface area contributed by atoms with Gasteiger partial charge in [-0.15, -0.1) is 0 Å². The van der Waals surface area contributed by atoms with E-state index < -0.39 is 0 Å². The lowest BCUT2D eigenvalue weighted by Crippen LogP contribution is -1.83. The van der Waals surface area contributed by atoms with Crippen LogP contribution in [-0.4, -0.2) is 5.11 Å². The smallest absolute Gasteiger partial charge is 0.116 e. The molecule has 0 heterocycles. The van der Waals surface area contributed by atoms with E-state index in [1.165, 1.54) is 0 Å². The largest absolute Gasteiger partial charge is 0.508 e. The molecule has 2 nitrogen and oxygen atoms in total. The maximum atomic E-state index is 9.29. The highest BCUT2D eigenvalue weighted by atomic mass is 16.3. The minimum atomic E-state index is 0.256. The summed E-state index contributed by atoms with van der Waals surface area (Å²) in [6, 6.07) is 13.1. The Balaban J connectivity index is 2.70. The van der Waals surface area contributed by atoms with Crippen LogP contribution in [0.15, 0.2) is 36.4 Å². The van der Waals surface area contributed by atoms with Gasteiger partial charge in [-0.2, -0.15) is 5.26 Å². The number of aromatic hydroxyl groups is 1. The molecule has 2 rings (SSSR count). The summed E-state index contributed by atoms with van der Waals surface area (Å²) < 4.78 is 0. The molecule has 0 aliphatic rings. The monoisotopic (exact) mass is 183 g/mol. The normalized spacial score (nSPS) is 9.93. The Bertz CT molecular complexity index is 511. The van der Waals surface area contributed by atoms with Crippen molar-refractivity contribution >= 4 is 10.8 Å². The summed E-state index contributed by atoms with van der Waals surface area (Å²) in [5.74, 6) is 0.256. The third-order valence-corrected chi connectivity index (χ3v) is 2.22. The maximum absolute atomic E-state index is 9.29. The Labute approximate surface area is 82.0 Å². The predicted molar refractivity (Wildman–Crippen MR) is 54.9 cm³/mol. The van der Waals surface area contributed by atoms with Crippen LogP contribution in [0.5, 0.6) is 5.75 Å². The molecule has 0 aliphatic carbocycles. The summed E-state index contributed by atoms with van der Waals surface area (Å²) in [6.45, 7) is 0. The van der Waals surface area contributed by atoms with Crippen molar-refractivity contribution in [3.63, 3.8) is 0 Å². The molecule has 2 aromatic carbocycles. The van der Waals surface area contributed by atoms with E-state index >= 15 is 0 Å². The van der Waals surface area contributed by atoms with Crippen molar-refractivity contribution in [1.82, 2.24) is 0 Å². The van der Waals surface area contributed by atoms with Crippen molar-refractivity contribution in [2.45, 2.75) is 6.42 Å².